The van der Waals surface area contributed by atoms with Crippen molar-refractivity contribution < 1.29 is 4.74 Å². The Bertz CT molecular complexity index is 624. The summed E-state index contributed by atoms with van der Waals surface area (Å²) < 4.78 is 5.83. The van der Waals surface area contributed by atoms with Gasteiger partial charge >= 0.3 is 0 Å². The Morgan fingerprint density at radius 3 is 2.65 bits per heavy atom. The van der Waals surface area contributed by atoms with Gasteiger partial charge in [-0.2, -0.15) is 0 Å². The number of nitrogens with zero attached hydrogens (tertiary/aromatic N) is 3. The maximum Gasteiger partial charge on any atom is 0.128 e. The number of hydrogen-bond donors (Lipinski definition) is 0. The highest BCUT2D eigenvalue weighted by atomic mass is 35.5. The molecule has 1 aliphatic rings. The maximum atomic E-state index is 5.89. The van der Waals surface area contributed by atoms with E-state index in [0.29, 0.717) is 5.02 Å². The van der Waals surface area contributed by atoms with Gasteiger partial charge in [-0.15, -0.1) is 0 Å². The first kappa shape index (κ1) is 16.1. The van der Waals surface area contributed by atoms with E-state index in [9.17, 15) is 0 Å². The van der Waals surface area contributed by atoms with Gasteiger partial charge in [0.05, 0.1) is 5.02 Å². The topological polar surface area (TPSA) is 28.6 Å². The first-order chi connectivity index (χ1) is 11.2. The summed E-state index contributed by atoms with van der Waals surface area (Å²) in [6.07, 6.45) is 1.71. The highest BCUT2D eigenvalue weighted by Crippen LogP contribution is 2.16. The summed E-state index contributed by atoms with van der Waals surface area (Å²) >= 11 is 5.89. The molecule has 0 aliphatic carbocycles. The lowest BCUT2D eigenvalue weighted by Gasteiger charge is -2.35. The molecule has 0 saturated carbocycles. The molecule has 1 aromatic heterocycles. The standard InChI is InChI=1S/C18H22ClN3O/c1-15-3-2-4-17(13-15)23-12-11-21-7-9-22(10-8-21)18-6-5-16(19)14-20-18/h2-6,13-14H,7-12H2,1H3. The Balaban J connectivity index is 1.41. The van der Waals surface area contributed by atoms with Crippen LogP contribution in [0.4, 0.5) is 5.82 Å². The minimum Gasteiger partial charge on any atom is -0.492 e. The van der Waals surface area contributed by atoms with Crippen LogP contribution < -0.4 is 9.64 Å². The van der Waals surface area contributed by atoms with Crippen LogP contribution in [0.15, 0.2) is 42.6 Å². The van der Waals surface area contributed by atoms with Gasteiger partial charge in [-0.25, -0.2) is 4.98 Å². The van der Waals surface area contributed by atoms with Crippen molar-refractivity contribution in [3.63, 3.8) is 0 Å². The second-order valence-electron chi connectivity index (χ2n) is 5.83. The van der Waals surface area contributed by atoms with Crippen LogP contribution in [0.25, 0.3) is 0 Å². The molecule has 1 fully saturated rings. The van der Waals surface area contributed by atoms with Crippen molar-refractivity contribution in [2.45, 2.75) is 6.92 Å². The van der Waals surface area contributed by atoms with Gasteiger partial charge in [-0.1, -0.05) is 23.7 Å². The molecular formula is C18H22ClN3O. The molecule has 122 valence electrons. The van der Waals surface area contributed by atoms with Crippen LogP contribution in [0.3, 0.4) is 0 Å². The Morgan fingerprint density at radius 2 is 1.96 bits per heavy atom. The van der Waals surface area contributed by atoms with Gasteiger partial charge in [0.25, 0.3) is 0 Å². The van der Waals surface area contributed by atoms with E-state index in [0.717, 1.165) is 50.9 Å². The molecule has 0 atom stereocenters. The molecule has 0 spiro atoms. The van der Waals surface area contributed by atoms with Crippen molar-refractivity contribution in [2.75, 3.05) is 44.2 Å². The van der Waals surface area contributed by atoms with Crippen molar-refractivity contribution in [1.82, 2.24) is 9.88 Å². The zero-order valence-electron chi connectivity index (χ0n) is 13.4. The molecule has 3 rings (SSSR count). The van der Waals surface area contributed by atoms with Gasteiger partial charge < -0.3 is 9.64 Å². The molecular weight excluding hydrogens is 310 g/mol. The summed E-state index contributed by atoms with van der Waals surface area (Å²) in [7, 11) is 0. The van der Waals surface area contributed by atoms with E-state index in [1.54, 1.807) is 6.20 Å². The van der Waals surface area contributed by atoms with Gasteiger partial charge in [-0.05, 0) is 36.8 Å². The minimum atomic E-state index is 0.681. The number of benzene rings is 1. The lowest BCUT2D eigenvalue weighted by atomic mass is 10.2. The van der Waals surface area contributed by atoms with Crippen molar-refractivity contribution >= 4 is 17.4 Å². The van der Waals surface area contributed by atoms with E-state index < -0.39 is 0 Å². The average molecular weight is 332 g/mol. The van der Waals surface area contributed by atoms with Crippen LogP contribution in [-0.4, -0.2) is 49.2 Å². The van der Waals surface area contributed by atoms with Gasteiger partial charge in [0.1, 0.15) is 18.2 Å². The molecule has 0 N–H and O–H groups in total. The summed E-state index contributed by atoms with van der Waals surface area (Å²) in [6, 6.07) is 12.1. The van der Waals surface area contributed by atoms with Crippen LogP contribution in [0.5, 0.6) is 5.75 Å². The number of ether oxygens (including phenoxy) is 1. The molecule has 0 radical (unpaired) electrons. The number of piperazine rings is 1. The number of hydrogen-bond acceptors (Lipinski definition) is 4. The second-order valence-corrected chi connectivity index (χ2v) is 6.26. The summed E-state index contributed by atoms with van der Waals surface area (Å²) in [4.78, 5) is 9.12. The van der Waals surface area contributed by atoms with E-state index in [1.807, 2.05) is 24.3 Å². The number of halogens is 1. The lowest BCUT2D eigenvalue weighted by Crippen LogP contribution is -2.47. The Morgan fingerprint density at radius 1 is 1.13 bits per heavy atom. The number of aryl methyl sites for hydroxylation is 1. The number of pyridine rings is 1. The quantitative estimate of drug-likeness (QED) is 0.841. The number of anilines is 1. The fourth-order valence-electron chi connectivity index (χ4n) is 2.75. The molecule has 0 amide bonds. The van der Waals surface area contributed by atoms with Gasteiger partial charge in [0.15, 0.2) is 0 Å². The zero-order chi connectivity index (χ0) is 16.1. The van der Waals surface area contributed by atoms with Crippen molar-refractivity contribution in [3.05, 3.63) is 53.2 Å². The Kier molecular flexibility index (Phi) is 5.36. The minimum absolute atomic E-state index is 0.681. The van der Waals surface area contributed by atoms with Crippen LogP contribution in [0.2, 0.25) is 5.02 Å². The van der Waals surface area contributed by atoms with Crippen molar-refractivity contribution in [2.24, 2.45) is 0 Å². The molecule has 5 heteroatoms. The molecule has 2 heterocycles. The maximum absolute atomic E-state index is 5.89. The highest BCUT2D eigenvalue weighted by molar-refractivity contribution is 6.30. The third-order valence-electron chi connectivity index (χ3n) is 4.07. The molecule has 1 aromatic carbocycles. The lowest BCUT2D eigenvalue weighted by molar-refractivity contribution is 0.200. The molecule has 1 aliphatic heterocycles. The molecule has 23 heavy (non-hydrogen) atoms. The van der Waals surface area contributed by atoms with Gasteiger partial charge in [0, 0.05) is 38.9 Å². The van der Waals surface area contributed by atoms with Gasteiger partial charge in [-0.3, -0.25) is 4.90 Å². The molecule has 0 unspecified atom stereocenters. The molecule has 1 saturated heterocycles. The summed E-state index contributed by atoms with van der Waals surface area (Å²) in [5, 5.41) is 0.681. The zero-order valence-corrected chi connectivity index (χ0v) is 14.2. The highest BCUT2D eigenvalue weighted by Gasteiger charge is 2.17. The average Bonchev–Trinajstić information content (AvgIpc) is 2.56. The van der Waals surface area contributed by atoms with Crippen LogP contribution >= 0.6 is 11.6 Å². The third kappa shape index (κ3) is 4.60. The number of aromatic nitrogens is 1. The fourth-order valence-corrected chi connectivity index (χ4v) is 2.87. The normalized spacial score (nSPS) is 15.7. The summed E-state index contributed by atoms with van der Waals surface area (Å²) in [5.74, 6) is 1.96. The van der Waals surface area contributed by atoms with Crippen LogP contribution in [-0.2, 0) is 0 Å². The van der Waals surface area contributed by atoms with Crippen molar-refractivity contribution in [1.29, 1.82) is 0 Å². The van der Waals surface area contributed by atoms with Gasteiger partial charge in [0.2, 0.25) is 0 Å². The largest absolute Gasteiger partial charge is 0.492 e. The summed E-state index contributed by atoms with van der Waals surface area (Å²) in [5.41, 5.74) is 1.23. The van der Waals surface area contributed by atoms with Crippen molar-refractivity contribution in [3.8, 4) is 5.75 Å². The summed E-state index contributed by atoms with van der Waals surface area (Å²) in [6.45, 7) is 7.79. The predicted octanol–water partition coefficient (Wildman–Crippen LogP) is 3.24. The van der Waals surface area contributed by atoms with E-state index in [-0.39, 0.29) is 0 Å². The predicted molar refractivity (Wildman–Crippen MR) is 94.6 cm³/mol. The number of rotatable bonds is 5. The second kappa shape index (κ2) is 7.66. The van der Waals surface area contributed by atoms with E-state index in [1.165, 1.54) is 5.56 Å². The van der Waals surface area contributed by atoms with Crippen LogP contribution in [0, 0.1) is 6.92 Å². The van der Waals surface area contributed by atoms with E-state index in [2.05, 4.69) is 33.8 Å². The SMILES string of the molecule is Cc1cccc(OCCN2CCN(c3ccc(Cl)cn3)CC2)c1. The fraction of sp³-hybridized carbons (Fsp3) is 0.389. The smallest absolute Gasteiger partial charge is 0.128 e. The molecule has 2 aromatic rings. The third-order valence-corrected chi connectivity index (χ3v) is 4.30. The van der Waals surface area contributed by atoms with E-state index >= 15 is 0 Å². The monoisotopic (exact) mass is 331 g/mol. The first-order valence-corrected chi connectivity index (χ1v) is 8.37. The first-order valence-electron chi connectivity index (χ1n) is 7.99. The Hall–Kier alpha value is -1.78. The molecule has 4 nitrogen and oxygen atoms in total. The Labute approximate surface area is 142 Å². The van der Waals surface area contributed by atoms with Crippen LogP contribution in [0.1, 0.15) is 5.56 Å². The molecule has 0 bridgehead atoms. The van der Waals surface area contributed by atoms with E-state index in [4.69, 9.17) is 16.3 Å².